The summed E-state index contributed by atoms with van der Waals surface area (Å²) in [6.45, 7) is 2.08. The first-order valence-electron chi connectivity index (χ1n) is 8.68. The number of amides is 1. The molecule has 0 spiro atoms. The molecule has 2 atom stereocenters. The Balaban J connectivity index is 1.99. The number of hydrogen-bond donors (Lipinski definition) is 1. The van der Waals surface area contributed by atoms with E-state index in [1.165, 1.54) is 10.4 Å². The number of rotatable bonds is 6. The number of thiophene rings is 1. The van der Waals surface area contributed by atoms with Gasteiger partial charge in [0.25, 0.3) is 0 Å². The van der Waals surface area contributed by atoms with E-state index in [1.807, 2.05) is 36.4 Å². The van der Waals surface area contributed by atoms with Crippen LogP contribution in [0.3, 0.4) is 0 Å². The molecule has 1 amide bonds. The van der Waals surface area contributed by atoms with Crippen molar-refractivity contribution in [1.82, 2.24) is 10.2 Å². The van der Waals surface area contributed by atoms with E-state index in [4.69, 9.17) is 0 Å². The number of hydrogen-bond acceptors (Lipinski definition) is 3. The van der Waals surface area contributed by atoms with Crippen LogP contribution in [0.5, 0.6) is 0 Å². The molecular weight excluding hydrogens is 340 g/mol. The summed E-state index contributed by atoms with van der Waals surface area (Å²) in [7, 11) is 3.60. The van der Waals surface area contributed by atoms with Crippen LogP contribution >= 0.6 is 11.3 Å². The summed E-state index contributed by atoms with van der Waals surface area (Å²) in [6.07, 6.45) is 0. The van der Waals surface area contributed by atoms with Gasteiger partial charge in [-0.15, -0.1) is 11.3 Å². The maximum atomic E-state index is 12.9. The highest BCUT2D eigenvalue weighted by molar-refractivity contribution is 7.10. The van der Waals surface area contributed by atoms with Crippen molar-refractivity contribution >= 4 is 17.2 Å². The first kappa shape index (κ1) is 18.4. The van der Waals surface area contributed by atoms with Gasteiger partial charge >= 0.3 is 0 Å². The standard InChI is InChI=1S/C22H24N2OS/c1-16-11-13-18(14-12-16)20(19-10-7-15-26-19)23-21(22(25)24(2)3)17-8-5-4-6-9-17/h4-15,20-21,23H,1-3H3/t20-,21+/m1/s1. The first-order chi connectivity index (χ1) is 12.6. The fraction of sp³-hybridized carbons (Fsp3) is 0.227. The van der Waals surface area contributed by atoms with Crippen molar-refractivity contribution in [2.24, 2.45) is 0 Å². The van der Waals surface area contributed by atoms with Crippen molar-refractivity contribution in [3.05, 3.63) is 93.7 Å². The van der Waals surface area contributed by atoms with Gasteiger partial charge < -0.3 is 4.90 Å². The molecule has 2 aromatic carbocycles. The molecule has 0 aliphatic carbocycles. The van der Waals surface area contributed by atoms with Crippen molar-refractivity contribution in [2.75, 3.05) is 14.1 Å². The minimum absolute atomic E-state index is 0.0373. The van der Waals surface area contributed by atoms with E-state index in [2.05, 4.69) is 48.0 Å². The molecule has 134 valence electrons. The lowest BCUT2D eigenvalue weighted by Crippen LogP contribution is -2.38. The van der Waals surface area contributed by atoms with Crippen LogP contribution < -0.4 is 5.32 Å². The minimum atomic E-state index is -0.403. The van der Waals surface area contributed by atoms with E-state index >= 15 is 0 Å². The Bertz CT molecular complexity index is 826. The van der Waals surface area contributed by atoms with Crippen LogP contribution in [0.2, 0.25) is 0 Å². The van der Waals surface area contributed by atoms with Gasteiger partial charge in [-0.3, -0.25) is 10.1 Å². The summed E-state index contributed by atoms with van der Waals surface area (Å²) in [6, 6.07) is 22.1. The molecule has 0 saturated heterocycles. The Kier molecular flexibility index (Phi) is 5.86. The van der Waals surface area contributed by atoms with E-state index in [1.54, 1.807) is 30.3 Å². The number of benzene rings is 2. The number of carbonyl (C=O) groups excluding carboxylic acids is 1. The lowest BCUT2D eigenvalue weighted by Gasteiger charge is -2.27. The number of nitrogens with zero attached hydrogens (tertiary/aromatic N) is 1. The maximum absolute atomic E-state index is 12.9. The zero-order valence-corrected chi connectivity index (χ0v) is 16.2. The van der Waals surface area contributed by atoms with Gasteiger partial charge in [0, 0.05) is 19.0 Å². The predicted octanol–water partition coefficient (Wildman–Crippen LogP) is 4.57. The molecule has 1 heterocycles. The van der Waals surface area contributed by atoms with Crippen LogP contribution in [-0.4, -0.2) is 24.9 Å². The maximum Gasteiger partial charge on any atom is 0.243 e. The zero-order valence-electron chi connectivity index (χ0n) is 15.3. The largest absolute Gasteiger partial charge is 0.347 e. The average molecular weight is 365 g/mol. The number of carbonyl (C=O) groups is 1. The fourth-order valence-corrected chi connectivity index (χ4v) is 3.75. The monoisotopic (exact) mass is 364 g/mol. The Morgan fingerprint density at radius 1 is 0.923 bits per heavy atom. The second kappa shape index (κ2) is 8.30. The molecule has 0 aliphatic heterocycles. The minimum Gasteiger partial charge on any atom is -0.347 e. The van der Waals surface area contributed by atoms with Crippen molar-refractivity contribution in [1.29, 1.82) is 0 Å². The third kappa shape index (κ3) is 4.21. The van der Waals surface area contributed by atoms with Gasteiger partial charge in [-0.2, -0.15) is 0 Å². The van der Waals surface area contributed by atoms with Gasteiger partial charge in [-0.1, -0.05) is 66.2 Å². The average Bonchev–Trinajstić information content (AvgIpc) is 3.18. The second-order valence-electron chi connectivity index (χ2n) is 6.60. The third-order valence-electron chi connectivity index (χ3n) is 4.39. The van der Waals surface area contributed by atoms with Gasteiger partial charge in [0.1, 0.15) is 6.04 Å². The van der Waals surface area contributed by atoms with Gasteiger partial charge in [-0.05, 0) is 29.5 Å². The van der Waals surface area contributed by atoms with Gasteiger partial charge in [0.15, 0.2) is 0 Å². The van der Waals surface area contributed by atoms with Crippen molar-refractivity contribution in [2.45, 2.75) is 19.0 Å². The normalized spacial score (nSPS) is 13.2. The van der Waals surface area contributed by atoms with Crippen molar-refractivity contribution in [3.8, 4) is 0 Å². The van der Waals surface area contributed by atoms with Crippen LogP contribution in [0.15, 0.2) is 72.1 Å². The summed E-state index contributed by atoms with van der Waals surface area (Å²) < 4.78 is 0. The predicted molar refractivity (Wildman–Crippen MR) is 108 cm³/mol. The quantitative estimate of drug-likeness (QED) is 0.695. The molecule has 0 saturated carbocycles. The van der Waals surface area contributed by atoms with E-state index in [0.717, 1.165) is 11.1 Å². The second-order valence-corrected chi connectivity index (χ2v) is 7.58. The summed E-state index contributed by atoms with van der Waals surface area (Å²) in [5, 5.41) is 5.68. The lowest BCUT2D eigenvalue weighted by atomic mass is 9.99. The van der Waals surface area contributed by atoms with Crippen LogP contribution in [0, 0.1) is 6.92 Å². The topological polar surface area (TPSA) is 32.3 Å². The van der Waals surface area contributed by atoms with E-state index < -0.39 is 6.04 Å². The highest BCUT2D eigenvalue weighted by Gasteiger charge is 2.27. The highest BCUT2D eigenvalue weighted by atomic mass is 32.1. The first-order valence-corrected chi connectivity index (χ1v) is 9.56. The van der Waals surface area contributed by atoms with Gasteiger partial charge in [0.2, 0.25) is 5.91 Å². The molecule has 4 heteroatoms. The van der Waals surface area contributed by atoms with Crippen LogP contribution in [0.25, 0.3) is 0 Å². The Morgan fingerprint density at radius 3 is 2.19 bits per heavy atom. The molecule has 3 aromatic rings. The highest BCUT2D eigenvalue weighted by Crippen LogP contribution is 2.30. The molecule has 26 heavy (non-hydrogen) atoms. The summed E-state index contributed by atoms with van der Waals surface area (Å²) >= 11 is 1.70. The Hall–Kier alpha value is -2.43. The SMILES string of the molecule is Cc1ccc([C@@H](N[C@H](C(=O)N(C)C)c2ccccc2)c2cccs2)cc1. The van der Waals surface area contributed by atoms with E-state index in [-0.39, 0.29) is 11.9 Å². The zero-order chi connectivity index (χ0) is 18.5. The van der Waals surface area contributed by atoms with Crippen molar-refractivity contribution in [3.63, 3.8) is 0 Å². The smallest absolute Gasteiger partial charge is 0.243 e. The summed E-state index contributed by atoms with van der Waals surface area (Å²) in [5.41, 5.74) is 3.35. The number of likely N-dealkylation sites (N-methyl/N-ethyl adjacent to an activating group) is 1. The van der Waals surface area contributed by atoms with Gasteiger partial charge in [0.05, 0.1) is 6.04 Å². The van der Waals surface area contributed by atoms with E-state index in [0.29, 0.717) is 0 Å². The van der Waals surface area contributed by atoms with Crippen LogP contribution in [-0.2, 0) is 4.79 Å². The Morgan fingerprint density at radius 2 is 1.62 bits per heavy atom. The molecule has 3 rings (SSSR count). The molecule has 0 radical (unpaired) electrons. The van der Waals surface area contributed by atoms with Crippen LogP contribution in [0.4, 0.5) is 0 Å². The lowest BCUT2D eigenvalue weighted by molar-refractivity contribution is -0.131. The molecule has 0 aliphatic rings. The number of nitrogens with one attached hydrogen (secondary N) is 1. The fourth-order valence-electron chi connectivity index (χ4n) is 2.94. The van der Waals surface area contributed by atoms with E-state index in [9.17, 15) is 4.79 Å². The molecule has 0 bridgehead atoms. The Labute approximate surface area is 159 Å². The molecule has 0 fully saturated rings. The molecule has 3 nitrogen and oxygen atoms in total. The van der Waals surface area contributed by atoms with Crippen LogP contribution in [0.1, 0.15) is 33.7 Å². The molecule has 1 N–H and O–H groups in total. The molecule has 0 unspecified atom stereocenters. The van der Waals surface area contributed by atoms with Gasteiger partial charge in [-0.25, -0.2) is 0 Å². The summed E-state index contributed by atoms with van der Waals surface area (Å²) in [5.74, 6) is 0.0462. The molecular formula is C22H24N2OS. The van der Waals surface area contributed by atoms with Crippen molar-refractivity contribution < 1.29 is 4.79 Å². The summed E-state index contributed by atoms with van der Waals surface area (Å²) in [4.78, 5) is 15.7. The third-order valence-corrected chi connectivity index (χ3v) is 5.33. The molecule has 1 aromatic heterocycles. The number of aryl methyl sites for hydroxylation is 1.